The van der Waals surface area contributed by atoms with Crippen molar-refractivity contribution in [2.75, 3.05) is 6.54 Å². The lowest BCUT2D eigenvalue weighted by Gasteiger charge is -2.28. The van der Waals surface area contributed by atoms with Gasteiger partial charge in [-0.25, -0.2) is 4.98 Å². The zero-order chi connectivity index (χ0) is 19.7. The van der Waals surface area contributed by atoms with E-state index in [-0.39, 0.29) is 11.2 Å². The number of benzene rings is 1. The van der Waals surface area contributed by atoms with Gasteiger partial charge in [0.25, 0.3) is 11.2 Å². The average Bonchev–Trinajstić information content (AvgIpc) is 2.70. The second kappa shape index (κ2) is 7.49. The lowest BCUT2D eigenvalue weighted by Crippen LogP contribution is -2.35. The third-order valence-electron chi connectivity index (χ3n) is 4.69. The highest BCUT2D eigenvalue weighted by atomic mass is 35.5. The fourth-order valence-electron chi connectivity index (χ4n) is 3.29. The van der Waals surface area contributed by atoms with E-state index in [0.29, 0.717) is 59.4 Å². The molecule has 8 nitrogen and oxygen atoms in total. The van der Waals surface area contributed by atoms with E-state index in [1.165, 1.54) is 18.2 Å². The highest BCUT2D eigenvalue weighted by molar-refractivity contribution is 6.31. The molecule has 0 unspecified atom stereocenters. The predicted molar refractivity (Wildman–Crippen MR) is 104 cm³/mol. The van der Waals surface area contributed by atoms with Gasteiger partial charge in [-0.15, -0.1) is 0 Å². The van der Waals surface area contributed by atoms with Crippen molar-refractivity contribution < 1.29 is 4.92 Å². The number of rotatable bonds is 4. The van der Waals surface area contributed by atoms with Gasteiger partial charge in [-0.2, -0.15) is 0 Å². The predicted octanol–water partition coefficient (Wildman–Crippen LogP) is 2.95. The molecule has 0 radical (unpaired) electrons. The Morgan fingerprint density at radius 3 is 2.89 bits per heavy atom. The fourth-order valence-corrected chi connectivity index (χ4v) is 3.47. The van der Waals surface area contributed by atoms with Crippen LogP contribution in [0.4, 0.5) is 5.69 Å². The van der Waals surface area contributed by atoms with Crippen LogP contribution in [-0.2, 0) is 19.5 Å². The molecule has 142 valence electrons. The van der Waals surface area contributed by atoms with Crippen LogP contribution in [0, 0.1) is 10.1 Å². The summed E-state index contributed by atoms with van der Waals surface area (Å²) in [7, 11) is 0. The van der Waals surface area contributed by atoms with Crippen LogP contribution in [0.5, 0.6) is 0 Å². The van der Waals surface area contributed by atoms with Crippen molar-refractivity contribution in [1.29, 1.82) is 0 Å². The van der Waals surface area contributed by atoms with Gasteiger partial charge in [0.15, 0.2) is 5.82 Å². The van der Waals surface area contributed by atoms with Gasteiger partial charge in [0, 0.05) is 48.5 Å². The number of pyridine rings is 1. The summed E-state index contributed by atoms with van der Waals surface area (Å²) < 4.78 is 0. The molecule has 3 heterocycles. The van der Waals surface area contributed by atoms with Crippen molar-refractivity contribution in [3.8, 4) is 11.5 Å². The Labute approximate surface area is 165 Å². The Balaban J connectivity index is 1.61. The molecule has 0 aliphatic carbocycles. The normalized spacial score (nSPS) is 13.9. The number of aromatic amines is 1. The summed E-state index contributed by atoms with van der Waals surface area (Å²) in [5, 5.41) is 11.5. The number of H-pyrrole nitrogens is 1. The van der Waals surface area contributed by atoms with Crippen LogP contribution < -0.4 is 5.56 Å². The van der Waals surface area contributed by atoms with Crippen LogP contribution in [-0.4, -0.2) is 31.3 Å². The highest BCUT2D eigenvalue weighted by Crippen LogP contribution is 2.25. The molecule has 1 aromatic carbocycles. The molecule has 0 spiro atoms. The summed E-state index contributed by atoms with van der Waals surface area (Å²) >= 11 is 6.22. The van der Waals surface area contributed by atoms with Crippen LogP contribution >= 0.6 is 11.6 Å². The minimum absolute atomic E-state index is 0.00353. The molecule has 0 saturated heterocycles. The molecule has 1 aliphatic rings. The summed E-state index contributed by atoms with van der Waals surface area (Å²) in [5.41, 5.74) is 2.48. The molecular weight excluding hydrogens is 382 g/mol. The molecule has 28 heavy (non-hydrogen) atoms. The fraction of sp³-hybridized carbons (Fsp3) is 0.211. The Kier molecular flexibility index (Phi) is 4.89. The van der Waals surface area contributed by atoms with Crippen molar-refractivity contribution in [2.45, 2.75) is 19.5 Å². The van der Waals surface area contributed by atoms with Gasteiger partial charge in [0.1, 0.15) is 5.69 Å². The number of halogens is 1. The Hall–Kier alpha value is -3.10. The molecule has 0 atom stereocenters. The van der Waals surface area contributed by atoms with E-state index in [2.05, 4.69) is 19.9 Å². The number of non-ortho nitro benzene ring substituents is 1. The van der Waals surface area contributed by atoms with Gasteiger partial charge in [-0.3, -0.25) is 24.8 Å². The van der Waals surface area contributed by atoms with E-state index in [1.54, 1.807) is 18.3 Å². The van der Waals surface area contributed by atoms with Gasteiger partial charge >= 0.3 is 0 Å². The van der Waals surface area contributed by atoms with Crippen LogP contribution in [0.25, 0.3) is 11.5 Å². The van der Waals surface area contributed by atoms with Gasteiger partial charge in [-0.1, -0.05) is 17.7 Å². The van der Waals surface area contributed by atoms with Crippen molar-refractivity contribution in [3.05, 3.63) is 84.9 Å². The molecular formula is C19H16ClN5O3. The summed E-state index contributed by atoms with van der Waals surface area (Å²) in [6, 6.07) is 9.83. The van der Waals surface area contributed by atoms with E-state index >= 15 is 0 Å². The number of nitrogens with one attached hydrogen (secondary N) is 1. The van der Waals surface area contributed by atoms with E-state index in [1.807, 2.05) is 6.07 Å². The van der Waals surface area contributed by atoms with Gasteiger partial charge in [0.05, 0.1) is 10.6 Å². The second-order valence-corrected chi connectivity index (χ2v) is 6.96. The van der Waals surface area contributed by atoms with Gasteiger partial charge in [0.2, 0.25) is 0 Å². The molecule has 9 heteroatoms. The standard InChI is InChI=1S/C19H16ClN5O3/c20-15-5-4-13(25(27)28)9-12(15)10-24-8-6-14-17(11-24)22-18(23-19(14)26)16-3-1-2-7-21-16/h1-5,7,9H,6,8,10-11H2,(H,22,23,26). The van der Waals surface area contributed by atoms with Gasteiger partial charge in [-0.05, 0) is 30.2 Å². The first kappa shape index (κ1) is 18.3. The third kappa shape index (κ3) is 3.64. The average molecular weight is 398 g/mol. The maximum absolute atomic E-state index is 12.5. The Morgan fingerprint density at radius 1 is 1.29 bits per heavy atom. The van der Waals surface area contributed by atoms with Crippen molar-refractivity contribution in [1.82, 2.24) is 19.9 Å². The number of nitrogens with zero attached hydrogens (tertiary/aromatic N) is 4. The van der Waals surface area contributed by atoms with Crippen LogP contribution in [0.1, 0.15) is 16.8 Å². The van der Waals surface area contributed by atoms with Crippen LogP contribution in [0.2, 0.25) is 5.02 Å². The van der Waals surface area contributed by atoms with Gasteiger partial charge < -0.3 is 4.98 Å². The van der Waals surface area contributed by atoms with E-state index in [4.69, 9.17) is 11.6 Å². The topological polar surface area (TPSA) is 105 Å². The SMILES string of the molecule is O=c1[nH]c(-c2ccccn2)nc2c1CCN(Cc1cc([N+](=O)[O-])ccc1Cl)C2. The Bertz CT molecular complexity index is 1100. The quantitative estimate of drug-likeness (QED) is 0.536. The maximum atomic E-state index is 12.5. The minimum atomic E-state index is -0.439. The summed E-state index contributed by atoms with van der Waals surface area (Å²) in [5.74, 6) is 0.430. The zero-order valence-corrected chi connectivity index (χ0v) is 15.5. The van der Waals surface area contributed by atoms with Crippen molar-refractivity contribution >= 4 is 17.3 Å². The van der Waals surface area contributed by atoms with E-state index < -0.39 is 4.92 Å². The molecule has 0 fully saturated rings. The molecule has 2 aromatic heterocycles. The number of hydrogen-bond acceptors (Lipinski definition) is 6. The monoisotopic (exact) mass is 397 g/mol. The second-order valence-electron chi connectivity index (χ2n) is 6.55. The first-order chi connectivity index (χ1) is 13.5. The lowest BCUT2D eigenvalue weighted by atomic mass is 10.1. The smallest absolute Gasteiger partial charge is 0.269 e. The number of hydrogen-bond donors (Lipinski definition) is 1. The van der Waals surface area contributed by atoms with Crippen molar-refractivity contribution in [3.63, 3.8) is 0 Å². The molecule has 3 aromatic rings. The first-order valence-corrected chi connectivity index (χ1v) is 9.07. The molecule has 0 saturated carbocycles. The van der Waals surface area contributed by atoms with Crippen LogP contribution in [0.15, 0.2) is 47.4 Å². The third-order valence-corrected chi connectivity index (χ3v) is 5.06. The number of aromatic nitrogens is 3. The number of nitro groups is 1. The highest BCUT2D eigenvalue weighted by Gasteiger charge is 2.23. The molecule has 4 rings (SSSR count). The van der Waals surface area contributed by atoms with E-state index in [0.717, 1.165) is 0 Å². The van der Waals surface area contributed by atoms with Crippen molar-refractivity contribution in [2.24, 2.45) is 0 Å². The zero-order valence-electron chi connectivity index (χ0n) is 14.8. The largest absolute Gasteiger partial charge is 0.305 e. The molecule has 0 amide bonds. The maximum Gasteiger partial charge on any atom is 0.269 e. The summed E-state index contributed by atoms with van der Waals surface area (Å²) in [6.07, 6.45) is 2.19. The summed E-state index contributed by atoms with van der Waals surface area (Å²) in [4.78, 5) is 36.8. The van der Waals surface area contributed by atoms with E-state index in [9.17, 15) is 14.9 Å². The Morgan fingerprint density at radius 2 is 2.14 bits per heavy atom. The lowest BCUT2D eigenvalue weighted by molar-refractivity contribution is -0.384. The molecule has 0 bridgehead atoms. The number of fused-ring (bicyclic) bond motifs is 1. The summed E-state index contributed by atoms with van der Waals surface area (Å²) in [6.45, 7) is 1.53. The number of nitro benzene ring substituents is 1. The molecule has 1 aliphatic heterocycles. The van der Waals surface area contributed by atoms with Crippen LogP contribution in [0.3, 0.4) is 0 Å². The first-order valence-electron chi connectivity index (χ1n) is 8.70. The molecule has 1 N–H and O–H groups in total. The minimum Gasteiger partial charge on any atom is -0.305 e.